The van der Waals surface area contributed by atoms with Crippen molar-refractivity contribution < 1.29 is 18.0 Å². The molecule has 7 nitrogen and oxygen atoms in total. The third-order valence-electron chi connectivity index (χ3n) is 7.61. The van der Waals surface area contributed by atoms with Gasteiger partial charge >= 0.3 is 0 Å². The molecule has 0 bridgehead atoms. The molecule has 0 unspecified atom stereocenters. The monoisotopic (exact) mass is 563 g/mol. The van der Waals surface area contributed by atoms with Gasteiger partial charge in [0, 0.05) is 37.3 Å². The van der Waals surface area contributed by atoms with Gasteiger partial charge in [-0.15, -0.1) is 0 Å². The summed E-state index contributed by atoms with van der Waals surface area (Å²) >= 11 is 0. The molecule has 4 aromatic rings. The number of ketones is 2. The molecule has 1 heterocycles. The summed E-state index contributed by atoms with van der Waals surface area (Å²) in [5.74, 6) is -0.870. The Balaban J connectivity index is 1.34. The Kier molecular flexibility index (Phi) is 7.26. The summed E-state index contributed by atoms with van der Waals surface area (Å²) in [6, 6.07) is 35.0. The number of hydrogen-bond donors (Lipinski definition) is 1. The van der Waals surface area contributed by atoms with Crippen molar-refractivity contribution in [2.75, 3.05) is 26.2 Å². The normalized spacial score (nSPS) is 16.2. The van der Waals surface area contributed by atoms with Crippen molar-refractivity contribution in [1.29, 1.82) is 0 Å². The van der Waals surface area contributed by atoms with Gasteiger partial charge in [0.25, 0.3) is 10.0 Å². The molecule has 4 aromatic carbocycles. The minimum absolute atomic E-state index is 0.0179. The van der Waals surface area contributed by atoms with Crippen molar-refractivity contribution in [2.24, 2.45) is 0 Å². The van der Waals surface area contributed by atoms with Gasteiger partial charge in [-0.3, -0.25) is 19.2 Å². The van der Waals surface area contributed by atoms with Crippen LogP contribution in [0.5, 0.6) is 0 Å². The van der Waals surface area contributed by atoms with E-state index in [1.165, 1.54) is 23.3 Å². The van der Waals surface area contributed by atoms with Crippen molar-refractivity contribution in [1.82, 2.24) is 14.5 Å². The summed E-state index contributed by atoms with van der Waals surface area (Å²) < 4.78 is 29.1. The third-order valence-corrected chi connectivity index (χ3v) is 8.98. The minimum Gasteiger partial charge on any atom is -0.364 e. The fraction of sp³-hybridized carbons (Fsp3) is 0.152. The number of Topliss-reactive ketones (excluding diaryl/α,β-unsaturated/α-hetero) is 2. The van der Waals surface area contributed by atoms with E-state index in [0.29, 0.717) is 26.2 Å². The molecule has 0 saturated carbocycles. The fourth-order valence-corrected chi connectivity index (χ4v) is 6.73. The predicted molar refractivity (Wildman–Crippen MR) is 157 cm³/mol. The number of carbonyl (C=O) groups is 2. The van der Waals surface area contributed by atoms with Gasteiger partial charge < -0.3 is 4.90 Å². The molecule has 206 valence electrons. The number of fused-ring (bicyclic) bond motifs is 1. The number of allylic oxidation sites excluding steroid dienone is 2. The number of nitrogens with one attached hydrogen (secondary N) is 1. The highest BCUT2D eigenvalue weighted by Gasteiger charge is 2.38. The van der Waals surface area contributed by atoms with Crippen LogP contribution >= 0.6 is 0 Å². The van der Waals surface area contributed by atoms with E-state index in [0.717, 1.165) is 0 Å². The van der Waals surface area contributed by atoms with Crippen LogP contribution in [0.2, 0.25) is 0 Å². The van der Waals surface area contributed by atoms with E-state index < -0.39 is 15.8 Å². The van der Waals surface area contributed by atoms with E-state index >= 15 is 0 Å². The highest BCUT2D eigenvalue weighted by Crippen LogP contribution is 2.33. The lowest BCUT2D eigenvalue weighted by molar-refractivity contribution is 0.0879. The van der Waals surface area contributed by atoms with Crippen LogP contribution in [0.3, 0.4) is 0 Å². The van der Waals surface area contributed by atoms with Gasteiger partial charge in [-0.1, -0.05) is 103 Å². The van der Waals surface area contributed by atoms with Gasteiger partial charge in [0.05, 0.1) is 10.9 Å². The van der Waals surface area contributed by atoms with Crippen LogP contribution in [-0.4, -0.2) is 56.0 Å². The maximum Gasteiger partial charge on any atom is 0.262 e. The van der Waals surface area contributed by atoms with Crippen LogP contribution in [-0.2, 0) is 10.0 Å². The first-order valence-electron chi connectivity index (χ1n) is 13.5. The summed E-state index contributed by atoms with van der Waals surface area (Å²) in [5.41, 5.74) is 2.71. The predicted octanol–water partition coefficient (Wildman–Crippen LogP) is 4.66. The molecular formula is C33H29N3O4S. The summed E-state index contributed by atoms with van der Waals surface area (Å²) in [6.45, 7) is 2.12. The Morgan fingerprint density at radius 1 is 0.585 bits per heavy atom. The van der Waals surface area contributed by atoms with Gasteiger partial charge in [0.15, 0.2) is 0 Å². The van der Waals surface area contributed by atoms with Crippen LogP contribution in [0.1, 0.15) is 37.9 Å². The second-order valence-electron chi connectivity index (χ2n) is 10.1. The molecule has 0 spiro atoms. The quantitative estimate of drug-likeness (QED) is 0.352. The Morgan fingerprint density at radius 2 is 1.05 bits per heavy atom. The van der Waals surface area contributed by atoms with E-state index in [1.807, 2.05) is 41.3 Å². The lowest BCUT2D eigenvalue weighted by Crippen LogP contribution is -2.50. The average Bonchev–Trinajstić information content (AvgIpc) is 3.02. The largest absolute Gasteiger partial charge is 0.364 e. The second kappa shape index (κ2) is 11.2. The van der Waals surface area contributed by atoms with Crippen molar-refractivity contribution >= 4 is 21.6 Å². The SMILES string of the molecule is O=C1C(NS(=O)(=O)c2ccccc2)=C(N2CCN(C(c3ccccc3)c3ccccc3)CC2)C(=O)c2ccccc21. The molecule has 0 amide bonds. The number of carbonyl (C=O) groups excluding carboxylic acids is 2. The standard InChI is InChI=1S/C33H29N3O4S/c37-32-27-18-10-11-19-28(27)33(38)31(29(32)34-41(39,40)26-16-8-3-9-17-26)36-22-20-35(21-23-36)30(24-12-4-1-5-13-24)25-14-6-2-7-15-25/h1-19,30,34H,20-23H2. The Bertz CT molecular complexity index is 1670. The molecule has 1 fully saturated rings. The third kappa shape index (κ3) is 5.19. The average molecular weight is 564 g/mol. The van der Waals surface area contributed by atoms with Crippen LogP contribution in [0, 0.1) is 0 Å². The fourth-order valence-electron chi connectivity index (χ4n) is 5.64. The summed E-state index contributed by atoms with van der Waals surface area (Å²) in [6.07, 6.45) is 0. The lowest BCUT2D eigenvalue weighted by atomic mass is 9.89. The number of benzene rings is 4. The molecule has 1 aliphatic carbocycles. The summed E-state index contributed by atoms with van der Waals surface area (Å²) in [5, 5.41) is 0. The van der Waals surface area contributed by atoms with Crippen LogP contribution in [0.25, 0.3) is 0 Å². The number of piperazine rings is 1. The van der Waals surface area contributed by atoms with Gasteiger partial charge in [-0.05, 0) is 23.3 Å². The molecule has 1 N–H and O–H groups in total. The molecule has 0 atom stereocenters. The first kappa shape index (κ1) is 26.7. The summed E-state index contributed by atoms with van der Waals surface area (Å²) in [4.78, 5) is 31.8. The second-order valence-corrected chi connectivity index (χ2v) is 11.8. The molecular weight excluding hydrogens is 534 g/mol. The number of sulfonamides is 1. The Morgan fingerprint density at radius 3 is 1.59 bits per heavy atom. The maximum absolute atomic E-state index is 13.9. The maximum atomic E-state index is 13.9. The molecule has 1 saturated heterocycles. The van der Waals surface area contributed by atoms with E-state index in [4.69, 9.17) is 0 Å². The first-order chi connectivity index (χ1) is 19.9. The molecule has 0 radical (unpaired) electrons. The summed E-state index contributed by atoms with van der Waals surface area (Å²) in [7, 11) is -4.10. The van der Waals surface area contributed by atoms with Crippen LogP contribution < -0.4 is 4.72 Å². The van der Waals surface area contributed by atoms with Crippen molar-refractivity contribution in [3.05, 3.63) is 149 Å². The van der Waals surface area contributed by atoms with Gasteiger partial charge in [0.2, 0.25) is 11.6 Å². The minimum atomic E-state index is -4.10. The first-order valence-corrected chi connectivity index (χ1v) is 15.0. The van der Waals surface area contributed by atoms with Crippen LogP contribution in [0.4, 0.5) is 0 Å². The molecule has 8 heteroatoms. The van der Waals surface area contributed by atoms with Gasteiger partial charge in [0.1, 0.15) is 11.4 Å². The molecule has 41 heavy (non-hydrogen) atoms. The highest BCUT2D eigenvalue weighted by atomic mass is 32.2. The zero-order valence-corrected chi connectivity index (χ0v) is 23.1. The Labute approximate surface area is 239 Å². The van der Waals surface area contributed by atoms with Gasteiger partial charge in [-0.2, -0.15) is 0 Å². The topological polar surface area (TPSA) is 86.8 Å². The van der Waals surface area contributed by atoms with Crippen molar-refractivity contribution in [3.8, 4) is 0 Å². The molecule has 2 aliphatic rings. The number of nitrogens with zero attached hydrogens (tertiary/aromatic N) is 2. The van der Waals surface area contributed by atoms with E-state index in [-0.39, 0.29) is 39.2 Å². The molecule has 6 rings (SSSR count). The highest BCUT2D eigenvalue weighted by molar-refractivity contribution is 7.89. The zero-order chi connectivity index (χ0) is 28.4. The smallest absolute Gasteiger partial charge is 0.262 e. The zero-order valence-electron chi connectivity index (χ0n) is 22.3. The Hall–Kier alpha value is -4.53. The van der Waals surface area contributed by atoms with Gasteiger partial charge in [-0.25, -0.2) is 8.42 Å². The number of hydrogen-bond acceptors (Lipinski definition) is 6. The van der Waals surface area contributed by atoms with Crippen molar-refractivity contribution in [3.63, 3.8) is 0 Å². The molecule has 0 aromatic heterocycles. The van der Waals surface area contributed by atoms with Crippen molar-refractivity contribution in [2.45, 2.75) is 10.9 Å². The lowest BCUT2D eigenvalue weighted by Gasteiger charge is -2.42. The van der Waals surface area contributed by atoms with E-state index in [1.54, 1.807) is 42.5 Å². The number of rotatable bonds is 7. The van der Waals surface area contributed by atoms with E-state index in [9.17, 15) is 18.0 Å². The molecule has 1 aliphatic heterocycles. The van der Waals surface area contributed by atoms with E-state index in [2.05, 4.69) is 33.9 Å². The van der Waals surface area contributed by atoms with Crippen LogP contribution in [0.15, 0.2) is 132 Å².